The van der Waals surface area contributed by atoms with Crippen molar-refractivity contribution in [2.75, 3.05) is 32.5 Å². The first-order chi connectivity index (χ1) is 22.0. The maximum Gasteiger partial charge on any atom is 0.138 e. The Balaban J connectivity index is 1.20. The number of nitrogens with zero attached hydrogens (tertiary/aromatic N) is 5. The Morgan fingerprint density at radius 1 is 0.933 bits per heavy atom. The minimum absolute atomic E-state index is 0.306. The van der Waals surface area contributed by atoms with Crippen LogP contribution < -0.4 is 10.1 Å². The lowest BCUT2D eigenvalue weighted by molar-refractivity contribution is 0.305. The van der Waals surface area contributed by atoms with Gasteiger partial charge in [0, 0.05) is 42.1 Å². The zero-order valence-electron chi connectivity index (χ0n) is 24.9. The number of pyridine rings is 3. The van der Waals surface area contributed by atoms with E-state index in [1.807, 2.05) is 80.8 Å². The van der Waals surface area contributed by atoms with E-state index in [0.29, 0.717) is 35.8 Å². The van der Waals surface area contributed by atoms with Crippen molar-refractivity contribution in [1.82, 2.24) is 35.0 Å². The number of rotatable bonds is 10. The van der Waals surface area contributed by atoms with E-state index in [9.17, 15) is 4.39 Å². The lowest BCUT2D eigenvalue weighted by atomic mass is 10.0. The summed E-state index contributed by atoms with van der Waals surface area (Å²) in [5.74, 6) is 0.355. The molecular formula is C35H31FN8O. The van der Waals surface area contributed by atoms with E-state index in [-0.39, 0.29) is 5.82 Å². The monoisotopic (exact) mass is 598 g/mol. The third kappa shape index (κ3) is 6.09. The molecule has 45 heavy (non-hydrogen) atoms. The minimum Gasteiger partial charge on any atom is -0.487 e. The molecule has 0 amide bonds. The number of likely N-dealkylation sites (N-methyl/N-ethyl adjacent to an activating group) is 1. The predicted molar refractivity (Wildman–Crippen MR) is 175 cm³/mol. The summed E-state index contributed by atoms with van der Waals surface area (Å²) in [4.78, 5) is 19.4. The van der Waals surface area contributed by atoms with Gasteiger partial charge in [-0.1, -0.05) is 30.3 Å². The molecule has 0 fully saturated rings. The Labute approximate surface area is 259 Å². The predicted octanol–water partition coefficient (Wildman–Crippen LogP) is 6.92. The number of benzene rings is 2. The van der Waals surface area contributed by atoms with Crippen LogP contribution in [0.3, 0.4) is 0 Å². The van der Waals surface area contributed by atoms with Crippen molar-refractivity contribution in [2.24, 2.45) is 0 Å². The molecule has 0 bridgehead atoms. The summed E-state index contributed by atoms with van der Waals surface area (Å²) in [6.45, 7) is 1.99. The summed E-state index contributed by atoms with van der Waals surface area (Å²) >= 11 is 0. The number of nitrogens with one attached hydrogen (secondary N) is 3. The molecule has 7 aromatic rings. The third-order valence-electron chi connectivity index (χ3n) is 7.55. The van der Waals surface area contributed by atoms with Crippen molar-refractivity contribution < 1.29 is 9.13 Å². The zero-order chi connectivity index (χ0) is 30.8. The van der Waals surface area contributed by atoms with E-state index >= 15 is 0 Å². The molecule has 0 aliphatic heterocycles. The number of ether oxygens (including phenoxy) is 1. The van der Waals surface area contributed by atoms with Crippen molar-refractivity contribution in [1.29, 1.82) is 0 Å². The fourth-order valence-electron chi connectivity index (χ4n) is 5.30. The molecule has 3 N–H and O–H groups in total. The van der Waals surface area contributed by atoms with Gasteiger partial charge in [-0.05, 0) is 79.3 Å². The molecule has 5 heterocycles. The van der Waals surface area contributed by atoms with Gasteiger partial charge >= 0.3 is 0 Å². The Morgan fingerprint density at radius 3 is 2.69 bits per heavy atom. The lowest BCUT2D eigenvalue weighted by Crippen LogP contribution is -2.20. The number of H-pyrrole nitrogens is 2. The van der Waals surface area contributed by atoms with Gasteiger partial charge in [-0.2, -0.15) is 5.10 Å². The summed E-state index contributed by atoms with van der Waals surface area (Å²) < 4.78 is 20.7. The van der Waals surface area contributed by atoms with Crippen LogP contribution >= 0.6 is 0 Å². The van der Waals surface area contributed by atoms with Gasteiger partial charge < -0.3 is 19.9 Å². The van der Waals surface area contributed by atoms with Crippen LogP contribution in [0.15, 0.2) is 97.5 Å². The Kier molecular flexibility index (Phi) is 7.62. The second-order valence-corrected chi connectivity index (χ2v) is 11.1. The smallest absolute Gasteiger partial charge is 0.138 e. The summed E-state index contributed by atoms with van der Waals surface area (Å²) in [5, 5.41) is 11.9. The molecule has 0 radical (unpaired) electrons. The maximum atomic E-state index is 14.7. The van der Waals surface area contributed by atoms with Gasteiger partial charge in [-0.3, -0.25) is 10.1 Å². The molecule has 0 aliphatic rings. The van der Waals surface area contributed by atoms with Crippen LogP contribution in [0.1, 0.15) is 5.56 Å². The van der Waals surface area contributed by atoms with Crippen LogP contribution in [-0.2, 0) is 6.61 Å². The standard InChI is InChI=1S/C35H31FN8O/c1-44(2)13-12-38-26-15-23(14-25(36)17-26)28-10-11-39-35-29(28)18-32(41-35)34-33-31(42-43-34)9-8-30(40-33)24-16-27(20-37-19-24)45-21-22-6-4-3-5-7-22/h3-11,14-20,38H,12-13,21H2,1-2H3,(H,39,41)(H,42,43). The highest BCUT2D eigenvalue weighted by Crippen LogP contribution is 2.35. The van der Waals surface area contributed by atoms with E-state index in [0.717, 1.165) is 56.8 Å². The molecule has 0 unspecified atom stereocenters. The summed E-state index contributed by atoms with van der Waals surface area (Å²) in [5.41, 5.74) is 8.58. The Morgan fingerprint density at radius 2 is 1.82 bits per heavy atom. The molecule has 0 saturated carbocycles. The highest BCUT2D eigenvalue weighted by atomic mass is 19.1. The van der Waals surface area contributed by atoms with Gasteiger partial charge in [-0.15, -0.1) is 0 Å². The average Bonchev–Trinajstić information content (AvgIpc) is 3.68. The second-order valence-electron chi connectivity index (χ2n) is 11.1. The van der Waals surface area contributed by atoms with Gasteiger partial charge in [0.2, 0.25) is 0 Å². The normalized spacial score (nSPS) is 11.5. The first kappa shape index (κ1) is 28.2. The summed E-state index contributed by atoms with van der Waals surface area (Å²) in [6.07, 6.45) is 5.19. The van der Waals surface area contributed by atoms with E-state index in [2.05, 4.69) is 35.4 Å². The fourth-order valence-corrected chi connectivity index (χ4v) is 5.30. The molecule has 5 aromatic heterocycles. The van der Waals surface area contributed by atoms with E-state index in [1.165, 1.54) is 6.07 Å². The van der Waals surface area contributed by atoms with Gasteiger partial charge in [-0.25, -0.2) is 14.4 Å². The van der Waals surface area contributed by atoms with Crippen molar-refractivity contribution in [2.45, 2.75) is 6.61 Å². The fraction of sp³-hybridized carbons (Fsp3) is 0.143. The minimum atomic E-state index is -0.306. The average molecular weight is 599 g/mol. The van der Waals surface area contributed by atoms with Crippen LogP contribution in [0, 0.1) is 5.82 Å². The Hall–Kier alpha value is -5.61. The van der Waals surface area contributed by atoms with Crippen LogP contribution in [-0.4, -0.2) is 62.2 Å². The molecule has 0 aliphatic carbocycles. The molecule has 7 rings (SSSR count). The second kappa shape index (κ2) is 12.2. The molecule has 2 aromatic carbocycles. The molecule has 0 atom stereocenters. The summed E-state index contributed by atoms with van der Waals surface area (Å²) in [7, 11) is 4.01. The molecule has 0 saturated heterocycles. The van der Waals surface area contributed by atoms with E-state index < -0.39 is 0 Å². The zero-order valence-corrected chi connectivity index (χ0v) is 24.9. The molecule has 0 spiro atoms. The number of fused-ring (bicyclic) bond motifs is 2. The highest BCUT2D eigenvalue weighted by Gasteiger charge is 2.17. The van der Waals surface area contributed by atoms with Crippen molar-refractivity contribution in [3.8, 4) is 39.5 Å². The number of anilines is 1. The van der Waals surface area contributed by atoms with E-state index in [4.69, 9.17) is 9.72 Å². The molecule has 9 nitrogen and oxygen atoms in total. The molecule has 224 valence electrons. The topological polar surface area (TPSA) is 108 Å². The van der Waals surface area contributed by atoms with Gasteiger partial charge in [0.1, 0.15) is 35.0 Å². The van der Waals surface area contributed by atoms with Gasteiger partial charge in [0.05, 0.1) is 23.1 Å². The summed E-state index contributed by atoms with van der Waals surface area (Å²) in [6, 6.07) is 24.7. The number of hydrogen-bond acceptors (Lipinski definition) is 7. The largest absolute Gasteiger partial charge is 0.487 e. The number of aromatic nitrogens is 6. The van der Waals surface area contributed by atoms with Crippen molar-refractivity contribution in [3.05, 3.63) is 109 Å². The van der Waals surface area contributed by atoms with Crippen LogP contribution in [0.25, 0.3) is 55.8 Å². The quantitative estimate of drug-likeness (QED) is 0.157. The number of aromatic amines is 2. The highest BCUT2D eigenvalue weighted by molar-refractivity contribution is 5.99. The third-order valence-corrected chi connectivity index (χ3v) is 7.55. The van der Waals surface area contributed by atoms with Gasteiger partial charge in [0.15, 0.2) is 0 Å². The molecular weight excluding hydrogens is 567 g/mol. The van der Waals surface area contributed by atoms with Crippen molar-refractivity contribution in [3.63, 3.8) is 0 Å². The maximum absolute atomic E-state index is 14.7. The number of hydrogen-bond donors (Lipinski definition) is 3. The van der Waals surface area contributed by atoms with Crippen LogP contribution in [0.2, 0.25) is 0 Å². The van der Waals surface area contributed by atoms with Crippen LogP contribution in [0.5, 0.6) is 5.75 Å². The first-order valence-corrected chi connectivity index (χ1v) is 14.6. The SMILES string of the molecule is CN(C)CCNc1cc(F)cc(-c2ccnc3[nH]c(-c4n[nH]c5ccc(-c6cncc(OCc7ccccc7)c6)nc45)cc23)c1. The molecule has 10 heteroatoms. The lowest BCUT2D eigenvalue weighted by Gasteiger charge is -2.13. The number of halogens is 1. The Bertz CT molecular complexity index is 2100. The van der Waals surface area contributed by atoms with E-state index in [1.54, 1.807) is 24.7 Å². The van der Waals surface area contributed by atoms with Crippen molar-refractivity contribution >= 4 is 27.8 Å². The first-order valence-electron chi connectivity index (χ1n) is 14.6. The van der Waals surface area contributed by atoms with Crippen LogP contribution in [0.4, 0.5) is 10.1 Å². The van der Waals surface area contributed by atoms with Gasteiger partial charge in [0.25, 0.3) is 0 Å².